The number of hydrogen-bond donors (Lipinski definition) is 2. The van der Waals surface area contributed by atoms with Gasteiger partial charge in [0.1, 0.15) is 6.10 Å². The molecule has 39 heavy (non-hydrogen) atoms. The second-order valence-corrected chi connectivity index (χ2v) is 9.42. The molecule has 1 amide bonds. The highest BCUT2D eigenvalue weighted by atomic mass is 19.4. The van der Waals surface area contributed by atoms with Gasteiger partial charge in [-0.3, -0.25) is 4.79 Å². The maximum absolute atomic E-state index is 13.0. The molecule has 0 aliphatic carbocycles. The minimum atomic E-state index is -4.30. The van der Waals surface area contributed by atoms with E-state index in [9.17, 15) is 27.9 Å². The Hall–Kier alpha value is -3.38. The first-order chi connectivity index (χ1) is 18.5. The normalized spacial score (nSPS) is 22.3. The van der Waals surface area contributed by atoms with Crippen LogP contribution >= 0.6 is 0 Å². The van der Waals surface area contributed by atoms with Gasteiger partial charge in [-0.05, 0) is 32.3 Å². The van der Waals surface area contributed by atoms with Crippen molar-refractivity contribution in [2.45, 2.75) is 57.5 Å². The molecule has 2 N–H and O–H groups in total. The summed E-state index contributed by atoms with van der Waals surface area (Å²) < 4.78 is 60.2. The molecule has 1 saturated heterocycles. The first kappa shape index (κ1) is 30.2. The highest BCUT2D eigenvalue weighted by Crippen LogP contribution is 2.28. The van der Waals surface area contributed by atoms with E-state index in [1.54, 1.807) is 6.92 Å². The fourth-order valence-electron chi connectivity index (χ4n) is 4.28. The zero-order valence-electron chi connectivity index (χ0n) is 22.0. The third kappa shape index (κ3) is 8.82. The predicted octanol–water partition coefficient (Wildman–Crippen LogP) is 3.75. The van der Waals surface area contributed by atoms with Crippen LogP contribution in [0.4, 0.5) is 13.2 Å². The molecule has 12 heteroatoms. The number of nitrogens with zero attached hydrogens (tertiary/aromatic N) is 1. The van der Waals surface area contributed by atoms with E-state index in [4.69, 9.17) is 18.9 Å². The molecule has 0 saturated carbocycles. The number of aromatic hydroxyl groups is 1. The van der Waals surface area contributed by atoms with Gasteiger partial charge in [-0.1, -0.05) is 29.8 Å². The molecule has 0 unspecified atom stereocenters. The van der Waals surface area contributed by atoms with Crippen LogP contribution in [0.3, 0.4) is 0 Å². The highest BCUT2D eigenvalue weighted by molar-refractivity contribution is 5.98. The van der Waals surface area contributed by atoms with Gasteiger partial charge >= 0.3 is 12.1 Å². The van der Waals surface area contributed by atoms with Crippen LogP contribution < -0.4 is 10.1 Å². The van der Waals surface area contributed by atoms with Crippen LogP contribution in [0.1, 0.15) is 41.4 Å². The number of hydrogen-bond acceptors (Lipinski definition) is 8. The smallest absolute Gasteiger partial charge is 0.389 e. The zero-order valence-corrected chi connectivity index (χ0v) is 22.0. The number of halogens is 3. The number of rotatable bonds is 9. The summed E-state index contributed by atoms with van der Waals surface area (Å²) in [6, 6.07) is 7.90. The molecule has 2 aromatic rings. The van der Waals surface area contributed by atoms with E-state index in [-0.39, 0.29) is 43.6 Å². The van der Waals surface area contributed by atoms with E-state index in [1.807, 2.05) is 31.2 Å². The van der Waals surface area contributed by atoms with Crippen LogP contribution in [0.2, 0.25) is 0 Å². The first-order valence-corrected chi connectivity index (χ1v) is 12.5. The second kappa shape index (κ2) is 13.6. The van der Waals surface area contributed by atoms with Gasteiger partial charge in [0.25, 0.3) is 5.91 Å². The Balaban J connectivity index is 1.76. The number of aryl methyl sites for hydroxylation is 1. The van der Waals surface area contributed by atoms with Crippen LogP contribution in [0.5, 0.6) is 11.5 Å². The van der Waals surface area contributed by atoms with E-state index >= 15 is 0 Å². The number of carbonyl (C=O) groups excluding carboxylic acids is 2. The molecule has 214 valence electrons. The molecule has 0 spiro atoms. The van der Waals surface area contributed by atoms with Gasteiger partial charge in [-0.2, -0.15) is 13.2 Å². The Morgan fingerprint density at radius 2 is 1.92 bits per heavy atom. The Kier molecular flexibility index (Phi) is 10.5. The summed E-state index contributed by atoms with van der Waals surface area (Å²) in [5.41, 5.74) is 1.68. The summed E-state index contributed by atoms with van der Waals surface area (Å²) in [6.07, 6.45) is -5.43. The molecule has 9 nitrogen and oxygen atoms in total. The number of benzene rings is 1. The summed E-state index contributed by atoms with van der Waals surface area (Å²) in [7, 11) is 1.32. The topological polar surface area (TPSA) is 116 Å². The number of alkyl halides is 3. The summed E-state index contributed by atoms with van der Waals surface area (Å²) in [6.45, 7) is 3.21. The largest absolute Gasteiger partial charge is 0.503 e. The van der Waals surface area contributed by atoms with Gasteiger partial charge in [0.15, 0.2) is 23.2 Å². The predicted molar refractivity (Wildman–Crippen MR) is 133 cm³/mol. The van der Waals surface area contributed by atoms with Crippen LogP contribution in [-0.4, -0.2) is 73.3 Å². The lowest BCUT2D eigenvalue weighted by Crippen LogP contribution is -2.46. The molecule has 0 radical (unpaired) electrons. The molecular weight excluding hydrogens is 521 g/mol. The molecule has 0 bridgehead atoms. The van der Waals surface area contributed by atoms with E-state index < -0.39 is 48.5 Å². The zero-order chi connectivity index (χ0) is 28.6. The Morgan fingerprint density at radius 3 is 2.59 bits per heavy atom. The van der Waals surface area contributed by atoms with Crippen LogP contribution in [-0.2, 0) is 25.4 Å². The maximum Gasteiger partial charge on any atom is 0.389 e. The van der Waals surface area contributed by atoms with Gasteiger partial charge in [-0.25, -0.2) is 9.78 Å². The standard InChI is InChI=1S/C27H33F3N2O7/c1-16-5-7-18(8-6-16)13-19-14-37-15-20(32-25(34)22-23(33)21(36-3)9-11-31-22)26(35)39-17(2)24(19)38-12-4-10-27(28,29)30/h5-9,11,17,19-20,24,33H,4,10,12-15H2,1-3H3,(H,32,34)/t17-,19-,20-,24-/m0/s1. The number of esters is 1. The number of cyclic esters (lactones) is 1. The number of nitrogens with one attached hydrogen (secondary N) is 1. The van der Waals surface area contributed by atoms with Crippen molar-refractivity contribution in [3.05, 3.63) is 53.3 Å². The van der Waals surface area contributed by atoms with Crippen molar-refractivity contribution in [1.82, 2.24) is 10.3 Å². The molecule has 4 atom stereocenters. The minimum absolute atomic E-state index is 0.0292. The molecule has 1 aliphatic heterocycles. The van der Waals surface area contributed by atoms with Crippen molar-refractivity contribution in [3.8, 4) is 11.5 Å². The fourth-order valence-corrected chi connectivity index (χ4v) is 4.28. The minimum Gasteiger partial charge on any atom is -0.503 e. The van der Waals surface area contributed by atoms with E-state index in [2.05, 4.69) is 10.3 Å². The van der Waals surface area contributed by atoms with Crippen LogP contribution in [0, 0.1) is 12.8 Å². The summed E-state index contributed by atoms with van der Waals surface area (Å²) in [5.74, 6) is -2.49. The molecule has 3 rings (SSSR count). The lowest BCUT2D eigenvalue weighted by Gasteiger charge is -2.31. The Morgan fingerprint density at radius 1 is 1.21 bits per heavy atom. The molecular formula is C27H33F3N2O7. The SMILES string of the molecule is COc1ccnc(C(=O)N[C@H]2COC[C@H](Cc3ccc(C)cc3)[C@@H](OCCCC(F)(F)F)[C@H](C)OC2=O)c1O. The molecule has 1 aromatic heterocycles. The first-order valence-electron chi connectivity index (χ1n) is 12.5. The van der Waals surface area contributed by atoms with E-state index in [0.717, 1.165) is 11.1 Å². The van der Waals surface area contributed by atoms with Gasteiger partial charge in [-0.15, -0.1) is 0 Å². The maximum atomic E-state index is 13.0. The van der Waals surface area contributed by atoms with Crippen molar-refractivity contribution < 1.29 is 46.8 Å². The molecule has 1 aromatic carbocycles. The lowest BCUT2D eigenvalue weighted by atomic mass is 9.91. The molecule has 1 aliphatic rings. The number of methoxy groups -OCH3 is 1. The molecule has 2 heterocycles. The van der Waals surface area contributed by atoms with Crippen molar-refractivity contribution in [1.29, 1.82) is 0 Å². The van der Waals surface area contributed by atoms with Crippen LogP contribution in [0.25, 0.3) is 0 Å². The fraction of sp³-hybridized carbons (Fsp3) is 0.519. The van der Waals surface area contributed by atoms with Crippen molar-refractivity contribution in [2.24, 2.45) is 5.92 Å². The number of pyridine rings is 1. The van der Waals surface area contributed by atoms with Gasteiger partial charge in [0.05, 0.1) is 26.4 Å². The third-order valence-electron chi connectivity index (χ3n) is 6.29. The Bertz CT molecular complexity index is 1110. The second-order valence-electron chi connectivity index (χ2n) is 9.42. The quantitative estimate of drug-likeness (QED) is 0.356. The monoisotopic (exact) mass is 554 g/mol. The third-order valence-corrected chi connectivity index (χ3v) is 6.29. The van der Waals surface area contributed by atoms with E-state index in [1.165, 1.54) is 19.4 Å². The van der Waals surface area contributed by atoms with Crippen molar-refractivity contribution in [3.63, 3.8) is 0 Å². The van der Waals surface area contributed by atoms with Gasteiger partial charge in [0.2, 0.25) is 0 Å². The Labute approximate surface area is 224 Å². The van der Waals surface area contributed by atoms with Gasteiger partial charge < -0.3 is 29.4 Å². The lowest BCUT2D eigenvalue weighted by molar-refractivity contribution is -0.162. The number of aromatic nitrogens is 1. The average molecular weight is 555 g/mol. The number of ether oxygens (including phenoxy) is 4. The average Bonchev–Trinajstić information content (AvgIpc) is 2.92. The summed E-state index contributed by atoms with van der Waals surface area (Å²) in [4.78, 5) is 29.6. The van der Waals surface area contributed by atoms with Crippen molar-refractivity contribution in [2.75, 3.05) is 26.9 Å². The van der Waals surface area contributed by atoms with Gasteiger partial charge in [0, 0.05) is 31.2 Å². The van der Waals surface area contributed by atoms with Crippen LogP contribution in [0.15, 0.2) is 36.5 Å². The van der Waals surface area contributed by atoms with E-state index in [0.29, 0.717) is 6.42 Å². The summed E-state index contributed by atoms with van der Waals surface area (Å²) in [5, 5.41) is 12.7. The van der Waals surface area contributed by atoms with Crippen molar-refractivity contribution >= 4 is 11.9 Å². The number of carbonyl (C=O) groups is 2. The highest BCUT2D eigenvalue weighted by Gasteiger charge is 2.36. The molecule has 1 fully saturated rings. The number of amides is 1. The summed E-state index contributed by atoms with van der Waals surface area (Å²) >= 11 is 0.